The Bertz CT molecular complexity index is 806. The molecule has 0 amide bonds. The van der Waals surface area contributed by atoms with Crippen LogP contribution in [0.2, 0.25) is 0 Å². The van der Waals surface area contributed by atoms with Gasteiger partial charge in [-0.1, -0.05) is 18.2 Å². The Kier molecular flexibility index (Phi) is 4.98. The van der Waals surface area contributed by atoms with Crippen molar-refractivity contribution in [2.75, 3.05) is 19.3 Å². The number of hydrogen-bond donors (Lipinski definition) is 1. The summed E-state index contributed by atoms with van der Waals surface area (Å²) in [5, 5.41) is 4.35. The van der Waals surface area contributed by atoms with Gasteiger partial charge in [-0.2, -0.15) is 5.10 Å². The van der Waals surface area contributed by atoms with Crippen LogP contribution in [0.15, 0.2) is 36.5 Å². The molecule has 0 fully saturated rings. The van der Waals surface area contributed by atoms with E-state index < -0.39 is 10.0 Å². The average Bonchev–Trinajstić information content (AvgIpc) is 2.97. The number of nitrogens with zero attached hydrogens (tertiary/aromatic N) is 3. The van der Waals surface area contributed by atoms with Crippen molar-refractivity contribution in [2.24, 2.45) is 0 Å². The Morgan fingerprint density at radius 3 is 2.88 bits per heavy atom. The molecule has 0 saturated heterocycles. The van der Waals surface area contributed by atoms with Gasteiger partial charge in [0.15, 0.2) is 0 Å². The van der Waals surface area contributed by atoms with Crippen molar-refractivity contribution in [3.05, 3.63) is 53.6 Å². The van der Waals surface area contributed by atoms with Crippen molar-refractivity contribution in [1.29, 1.82) is 0 Å². The average molecular weight is 352 g/mol. The van der Waals surface area contributed by atoms with Gasteiger partial charge >= 0.3 is 0 Å². The van der Waals surface area contributed by atoms with E-state index in [4.69, 9.17) is 0 Å². The summed E-state index contributed by atoms with van der Waals surface area (Å²) < 4.78 is 40.8. The highest BCUT2D eigenvalue weighted by atomic mass is 32.2. The summed E-state index contributed by atoms with van der Waals surface area (Å²) in [5.41, 5.74) is 1.72. The summed E-state index contributed by atoms with van der Waals surface area (Å²) in [6.07, 6.45) is 3.53. The molecule has 130 valence electrons. The third-order valence-corrected chi connectivity index (χ3v) is 4.87. The molecule has 2 heterocycles. The molecule has 24 heavy (non-hydrogen) atoms. The van der Waals surface area contributed by atoms with Crippen LogP contribution < -0.4 is 4.72 Å². The van der Waals surface area contributed by atoms with Crippen molar-refractivity contribution < 1.29 is 12.8 Å². The van der Waals surface area contributed by atoms with E-state index in [0.29, 0.717) is 38.2 Å². The van der Waals surface area contributed by atoms with Crippen LogP contribution in [0.25, 0.3) is 0 Å². The Hall–Kier alpha value is -1.77. The molecule has 0 saturated carbocycles. The summed E-state index contributed by atoms with van der Waals surface area (Å²) in [7, 11) is -3.20. The molecular weight excluding hydrogens is 331 g/mol. The number of fused-ring (bicyclic) bond motifs is 1. The molecule has 0 bridgehead atoms. The summed E-state index contributed by atoms with van der Waals surface area (Å²) >= 11 is 0. The lowest BCUT2D eigenvalue weighted by molar-refractivity contribution is 0.160. The zero-order valence-electron chi connectivity index (χ0n) is 13.5. The van der Waals surface area contributed by atoms with Crippen molar-refractivity contribution in [3.63, 3.8) is 0 Å². The molecule has 1 unspecified atom stereocenters. The van der Waals surface area contributed by atoms with Crippen molar-refractivity contribution in [3.8, 4) is 0 Å². The van der Waals surface area contributed by atoms with Crippen LogP contribution in [0.5, 0.6) is 0 Å². The van der Waals surface area contributed by atoms with Gasteiger partial charge in [0.2, 0.25) is 10.0 Å². The molecule has 0 spiro atoms. The van der Waals surface area contributed by atoms with E-state index in [-0.39, 0.29) is 11.9 Å². The highest BCUT2D eigenvalue weighted by Gasteiger charge is 2.26. The Morgan fingerprint density at radius 1 is 1.33 bits per heavy atom. The molecule has 8 heteroatoms. The Morgan fingerprint density at radius 2 is 2.12 bits per heavy atom. The van der Waals surface area contributed by atoms with Gasteiger partial charge in [0, 0.05) is 37.9 Å². The van der Waals surface area contributed by atoms with Crippen LogP contribution in [0.4, 0.5) is 4.39 Å². The summed E-state index contributed by atoms with van der Waals surface area (Å²) in [4.78, 5) is 2.17. The van der Waals surface area contributed by atoms with Gasteiger partial charge < -0.3 is 0 Å². The first-order valence-corrected chi connectivity index (χ1v) is 9.74. The molecule has 1 aromatic heterocycles. The second kappa shape index (κ2) is 7.00. The van der Waals surface area contributed by atoms with Crippen molar-refractivity contribution in [1.82, 2.24) is 19.4 Å². The lowest BCUT2D eigenvalue weighted by atomic mass is 10.1. The van der Waals surface area contributed by atoms with Crippen LogP contribution in [0.3, 0.4) is 0 Å². The van der Waals surface area contributed by atoms with Gasteiger partial charge in [-0.15, -0.1) is 0 Å². The second-order valence-corrected chi connectivity index (χ2v) is 7.97. The first-order valence-electron chi connectivity index (χ1n) is 7.85. The topological polar surface area (TPSA) is 67.2 Å². The third-order valence-electron chi connectivity index (χ3n) is 4.15. The van der Waals surface area contributed by atoms with E-state index in [1.165, 1.54) is 6.07 Å². The molecule has 6 nitrogen and oxygen atoms in total. The van der Waals surface area contributed by atoms with E-state index in [9.17, 15) is 12.8 Å². The second-order valence-electron chi connectivity index (χ2n) is 6.14. The number of nitrogens with one attached hydrogen (secondary N) is 1. The maximum atomic E-state index is 13.9. The van der Waals surface area contributed by atoms with Gasteiger partial charge in [-0.05, 0) is 18.6 Å². The standard InChI is InChI=1S/C16H21FN4O2S/c1-24(22,23)19-9-7-15-12-20(11-14-6-8-18-21(14)15)10-13-4-2-3-5-16(13)17/h2-6,8,15,19H,7,9-12H2,1H3. The molecule has 0 radical (unpaired) electrons. The predicted octanol–water partition coefficient (Wildman–Crippen LogP) is 1.52. The normalized spacial score (nSPS) is 18.5. The van der Waals surface area contributed by atoms with Gasteiger partial charge in [-0.25, -0.2) is 17.5 Å². The monoisotopic (exact) mass is 352 g/mol. The first kappa shape index (κ1) is 17.1. The fraction of sp³-hybridized carbons (Fsp3) is 0.438. The fourth-order valence-electron chi connectivity index (χ4n) is 3.08. The smallest absolute Gasteiger partial charge is 0.208 e. The molecule has 2 aromatic rings. The van der Waals surface area contributed by atoms with Crippen LogP contribution in [-0.2, 0) is 23.1 Å². The van der Waals surface area contributed by atoms with Crippen LogP contribution in [-0.4, -0.2) is 42.4 Å². The van der Waals surface area contributed by atoms with Crippen LogP contribution in [0.1, 0.15) is 23.7 Å². The molecule has 3 rings (SSSR count). The zero-order valence-corrected chi connectivity index (χ0v) is 14.3. The molecule has 1 aromatic carbocycles. The van der Waals surface area contributed by atoms with E-state index in [0.717, 1.165) is 11.9 Å². The maximum absolute atomic E-state index is 13.9. The van der Waals surface area contributed by atoms with Gasteiger partial charge in [0.25, 0.3) is 0 Å². The number of aromatic nitrogens is 2. The number of sulfonamides is 1. The minimum Gasteiger partial charge on any atom is -0.291 e. The highest BCUT2D eigenvalue weighted by molar-refractivity contribution is 7.88. The predicted molar refractivity (Wildman–Crippen MR) is 89.2 cm³/mol. The number of halogens is 1. The lowest BCUT2D eigenvalue weighted by Gasteiger charge is -2.34. The van der Waals surface area contributed by atoms with Crippen LogP contribution >= 0.6 is 0 Å². The van der Waals surface area contributed by atoms with E-state index in [1.807, 2.05) is 16.8 Å². The number of hydrogen-bond acceptors (Lipinski definition) is 4. The van der Waals surface area contributed by atoms with Crippen LogP contribution in [0, 0.1) is 5.82 Å². The summed E-state index contributed by atoms with van der Waals surface area (Å²) in [6, 6.07) is 8.79. The van der Waals surface area contributed by atoms with Gasteiger partial charge in [0.05, 0.1) is 18.0 Å². The first-order chi connectivity index (χ1) is 11.4. The SMILES string of the molecule is CS(=O)(=O)NCCC1CN(Cc2ccccc2F)Cc2ccnn21. The molecule has 1 aliphatic heterocycles. The molecular formula is C16H21FN4O2S. The number of benzene rings is 1. The number of rotatable bonds is 6. The summed E-state index contributed by atoms with van der Waals surface area (Å²) in [5.74, 6) is -0.202. The minimum atomic E-state index is -3.20. The largest absolute Gasteiger partial charge is 0.291 e. The van der Waals surface area contributed by atoms with Gasteiger partial charge in [0.1, 0.15) is 5.82 Å². The minimum absolute atomic E-state index is 0.0600. The Balaban J connectivity index is 1.70. The molecule has 1 atom stereocenters. The maximum Gasteiger partial charge on any atom is 0.208 e. The highest BCUT2D eigenvalue weighted by Crippen LogP contribution is 2.24. The summed E-state index contributed by atoms with van der Waals surface area (Å²) in [6.45, 7) is 2.28. The quantitative estimate of drug-likeness (QED) is 0.856. The van der Waals surface area contributed by atoms with Crippen molar-refractivity contribution in [2.45, 2.75) is 25.6 Å². The molecule has 1 N–H and O–H groups in total. The Labute approximate surface area is 141 Å². The third kappa shape index (κ3) is 4.19. The fourth-order valence-corrected chi connectivity index (χ4v) is 3.57. The van der Waals surface area contributed by atoms with E-state index in [2.05, 4.69) is 14.7 Å². The van der Waals surface area contributed by atoms with E-state index >= 15 is 0 Å². The van der Waals surface area contributed by atoms with Gasteiger partial charge in [-0.3, -0.25) is 9.58 Å². The zero-order chi connectivity index (χ0) is 17.2. The van der Waals surface area contributed by atoms with Crippen molar-refractivity contribution >= 4 is 10.0 Å². The molecule has 0 aliphatic carbocycles. The van der Waals surface area contributed by atoms with E-state index in [1.54, 1.807) is 18.3 Å². The lowest BCUT2D eigenvalue weighted by Crippen LogP contribution is -2.39. The molecule has 1 aliphatic rings.